The molecule has 2 heterocycles. The van der Waals surface area contributed by atoms with Crippen LogP contribution in [-0.2, 0) is 22.4 Å². The highest BCUT2D eigenvalue weighted by Gasteiger charge is 2.27. The molecule has 1 aliphatic heterocycles. The lowest BCUT2D eigenvalue weighted by Gasteiger charge is -2.36. The largest absolute Gasteiger partial charge is 0.388 e. The molecule has 28 heavy (non-hydrogen) atoms. The maximum Gasteiger partial charge on any atom is 0.225 e. The number of halogens is 1. The lowest BCUT2D eigenvalue weighted by Crippen LogP contribution is -2.56. The van der Waals surface area contributed by atoms with E-state index in [1.54, 1.807) is 19.4 Å². The molecule has 3 N–H and O–H groups in total. The summed E-state index contributed by atoms with van der Waals surface area (Å²) in [6.07, 6.45) is 4.73. The maximum absolute atomic E-state index is 13.8. The summed E-state index contributed by atoms with van der Waals surface area (Å²) in [7, 11) is 1.67. The summed E-state index contributed by atoms with van der Waals surface area (Å²) >= 11 is 0. The number of anilines is 2. The Morgan fingerprint density at radius 1 is 1.32 bits per heavy atom. The number of aromatic nitrogens is 2. The van der Waals surface area contributed by atoms with Gasteiger partial charge in [0.2, 0.25) is 5.95 Å². The van der Waals surface area contributed by atoms with Gasteiger partial charge in [0.05, 0.1) is 5.57 Å². The van der Waals surface area contributed by atoms with Gasteiger partial charge in [-0.1, -0.05) is 0 Å². The van der Waals surface area contributed by atoms with Crippen molar-refractivity contribution < 1.29 is 14.0 Å². The van der Waals surface area contributed by atoms with Gasteiger partial charge < -0.3 is 16.0 Å². The van der Waals surface area contributed by atoms with Crippen molar-refractivity contribution in [2.45, 2.75) is 18.9 Å². The van der Waals surface area contributed by atoms with Gasteiger partial charge in [0.1, 0.15) is 5.82 Å². The quantitative estimate of drug-likeness (QED) is 0.749. The van der Waals surface area contributed by atoms with Crippen molar-refractivity contribution in [2.75, 3.05) is 30.4 Å². The van der Waals surface area contributed by atoms with Crippen LogP contribution in [0.2, 0.25) is 0 Å². The standard InChI is InChI=1S/C20H20FN5O2/c1-23-17-5-13(21)3-12-4-16(19(28)6-15(12)17)18(27)2-11-7-24-20(25-8-11)26-9-14(22)10-26/h3-5,7-8,14,23H,2,6,9-10,22H2,1H3. The van der Waals surface area contributed by atoms with Gasteiger partial charge in [-0.15, -0.1) is 0 Å². The third-order valence-electron chi connectivity index (χ3n) is 5.01. The molecule has 1 saturated heterocycles. The number of hydrogen-bond donors (Lipinski definition) is 2. The topological polar surface area (TPSA) is 101 Å². The summed E-state index contributed by atoms with van der Waals surface area (Å²) in [5.74, 6) is -0.439. The smallest absolute Gasteiger partial charge is 0.225 e. The predicted octanol–water partition coefficient (Wildman–Crippen LogP) is 1.13. The Morgan fingerprint density at radius 2 is 2.04 bits per heavy atom. The van der Waals surface area contributed by atoms with Crippen molar-refractivity contribution in [1.29, 1.82) is 0 Å². The number of carbonyl (C=O) groups excluding carboxylic acids is 2. The van der Waals surface area contributed by atoms with Crippen LogP contribution in [0.4, 0.5) is 16.0 Å². The molecular weight excluding hydrogens is 361 g/mol. The lowest BCUT2D eigenvalue weighted by atomic mass is 9.87. The maximum atomic E-state index is 13.8. The third-order valence-corrected chi connectivity index (χ3v) is 5.01. The van der Waals surface area contributed by atoms with Crippen LogP contribution < -0.4 is 16.0 Å². The molecule has 0 spiro atoms. The highest BCUT2D eigenvalue weighted by molar-refractivity contribution is 6.25. The number of allylic oxidation sites excluding steroid dienone is 1. The first-order chi connectivity index (χ1) is 13.4. The van der Waals surface area contributed by atoms with E-state index in [1.165, 1.54) is 18.2 Å². The number of nitrogens with zero attached hydrogens (tertiary/aromatic N) is 3. The van der Waals surface area contributed by atoms with E-state index >= 15 is 0 Å². The second-order valence-corrected chi connectivity index (χ2v) is 7.09. The molecule has 0 unspecified atom stereocenters. The Hall–Kier alpha value is -3.13. The van der Waals surface area contributed by atoms with Crippen molar-refractivity contribution in [1.82, 2.24) is 9.97 Å². The van der Waals surface area contributed by atoms with E-state index in [-0.39, 0.29) is 36.0 Å². The first-order valence-electron chi connectivity index (χ1n) is 9.04. The average Bonchev–Trinajstić information content (AvgIpc) is 2.65. The van der Waals surface area contributed by atoms with Crippen LogP contribution in [0.15, 0.2) is 30.1 Å². The summed E-state index contributed by atoms with van der Waals surface area (Å²) in [6, 6.07) is 2.83. The van der Waals surface area contributed by atoms with Crippen molar-refractivity contribution in [3.8, 4) is 0 Å². The SMILES string of the molecule is CNc1cc(F)cc2c1CC(=O)C(C(=O)Cc1cnc(N3CC(N)C3)nc1)=C2. The van der Waals surface area contributed by atoms with Crippen LogP contribution in [0.25, 0.3) is 6.08 Å². The number of nitrogens with one attached hydrogen (secondary N) is 1. The molecule has 0 amide bonds. The summed E-state index contributed by atoms with van der Waals surface area (Å²) in [5.41, 5.74) is 8.26. The second-order valence-electron chi connectivity index (χ2n) is 7.09. The van der Waals surface area contributed by atoms with Crippen LogP contribution in [0.1, 0.15) is 16.7 Å². The molecule has 2 aliphatic rings. The number of ketones is 2. The van der Waals surface area contributed by atoms with Crippen molar-refractivity contribution in [2.24, 2.45) is 5.73 Å². The van der Waals surface area contributed by atoms with E-state index in [2.05, 4.69) is 15.3 Å². The zero-order chi connectivity index (χ0) is 19.8. The summed E-state index contributed by atoms with van der Waals surface area (Å²) in [6.45, 7) is 1.43. The molecule has 4 rings (SSSR count). The van der Waals surface area contributed by atoms with Crippen molar-refractivity contribution in [3.05, 3.63) is 52.6 Å². The zero-order valence-corrected chi connectivity index (χ0v) is 15.4. The first-order valence-corrected chi connectivity index (χ1v) is 9.04. The van der Waals surface area contributed by atoms with Gasteiger partial charge in [-0.3, -0.25) is 9.59 Å². The van der Waals surface area contributed by atoms with E-state index in [9.17, 15) is 14.0 Å². The van der Waals surface area contributed by atoms with Crippen LogP contribution in [0, 0.1) is 5.82 Å². The third kappa shape index (κ3) is 3.38. The van der Waals surface area contributed by atoms with Crippen molar-refractivity contribution in [3.63, 3.8) is 0 Å². The zero-order valence-electron chi connectivity index (χ0n) is 15.4. The van der Waals surface area contributed by atoms with Crippen LogP contribution in [0.3, 0.4) is 0 Å². The molecule has 1 aromatic carbocycles. The predicted molar refractivity (Wildman–Crippen MR) is 104 cm³/mol. The summed E-state index contributed by atoms with van der Waals surface area (Å²) in [4.78, 5) is 35.7. The molecule has 0 saturated carbocycles. The number of benzene rings is 1. The van der Waals surface area contributed by atoms with Crippen LogP contribution >= 0.6 is 0 Å². The highest BCUT2D eigenvalue weighted by Crippen LogP contribution is 2.30. The van der Waals surface area contributed by atoms with E-state index in [1.807, 2.05) is 4.90 Å². The van der Waals surface area contributed by atoms with Gasteiger partial charge in [-0.25, -0.2) is 14.4 Å². The lowest BCUT2D eigenvalue weighted by molar-refractivity contribution is -0.120. The number of carbonyl (C=O) groups is 2. The number of nitrogens with two attached hydrogens (primary N) is 1. The van der Waals surface area contributed by atoms with E-state index in [0.29, 0.717) is 41.4 Å². The first kappa shape index (κ1) is 18.2. The van der Waals surface area contributed by atoms with E-state index in [0.717, 1.165) is 0 Å². The average molecular weight is 381 g/mol. The number of rotatable bonds is 5. The van der Waals surface area contributed by atoms with E-state index in [4.69, 9.17) is 5.73 Å². The summed E-state index contributed by atoms with van der Waals surface area (Å²) < 4.78 is 13.8. The fourth-order valence-corrected chi connectivity index (χ4v) is 3.49. The minimum Gasteiger partial charge on any atom is -0.388 e. The number of hydrogen-bond acceptors (Lipinski definition) is 7. The molecular formula is C20H20FN5O2. The second kappa shape index (κ2) is 7.12. The molecule has 7 nitrogen and oxygen atoms in total. The number of Topliss-reactive ketones (excluding diaryl/α,β-unsaturated/α-hetero) is 2. The molecule has 0 bridgehead atoms. The van der Waals surface area contributed by atoms with Crippen molar-refractivity contribution >= 4 is 29.3 Å². The van der Waals surface area contributed by atoms with Crippen LogP contribution in [0.5, 0.6) is 0 Å². The molecule has 0 radical (unpaired) electrons. The van der Waals surface area contributed by atoms with Gasteiger partial charge >= 0.3 is 0 Å². The molecule has 1 aromatic heterocycles. The van der Waals surface area contributed by atoms with E-state index < -0.39 is 5.82 Å². The highest BCUT2D eigenvalue weighted by atomic mass is 19.1. The Labute approximate surface area is 161 Å². The Morgan fingerprint density at radius 3 is 2.68 bits per heavy atom. The minimum atomic E-state index is -0.421. The molecule has 144 valence electrons. The van der Waals surface area contributed by atoms with Gasteiger partial charge in [0, 0.05) is 57.1 Å². The Balaban J connectivity index is 1.53. The molecule has 8 heteroatoms. The Kier molecular flexibility index (Phi) is 4.64. The van der Waals surface area contributed by atoms with Crippen LogP contribution in [-0.4, -0.2) is 47.7 Å². The molecule has 1 aliphatic carbocycles. The minimum absolute atomic E-state index is 0.0148. The monoisotopic (exact) mass is 381 g/mol. The summed E-state index contributed by atoms with van der Waals surface area (Å²) in [5, 5.41) is 2.89. The van der Waals surface area contributed by atoms with Gasteiger partial charge in [0.15, 0.2) is 11.6 Å². The normalized spacial score (nSPS) is 16.3. The number of fused-ring (bicyclic) bond motifs is 1. The molecule has 1 fully saturated rings. The molecule has 2 aromatic rings. The van der Waals surface area contributed by atoms with Gasteiger partial charge in [-0.2, -0.15) is 0 Å². The van der Waals surface area contributed by atoms with Gasteiger partial charge in [-0.05, 0) is 34.9 Å². The Bertz CT molecular complexity index is 981. The fraction of sp³-hybridized carbons (Fsp3) is 0.300. The molecule has 0 atom stereocenters. The van der Waals surface area contributed by atoms with Gasteiger partial charge in [0.25, 0.3) is 0 Å². The fourth-order valence-electron chi connectivity index (χ4n) is 3.49.